The molecule has 0 radical (unpaired) electrons. The maximum atomic E-state index is 11.7. The Morgan fingerprint density at radius 1 is 1.47 bits per heavy atom. The number of nitrogens with zero attached hydrogens (tertiary/aromatic N) is 1. The Hall–Kier alpha value is -2.21. The summed E-state index contributed by atoms with van der Waals surface area (Å²) in [5, 5.41) is 0. The molecule has 0 unspecified atom stereocenters. The van der Waals surface area contributed by atoms with Crippen molar-refractivity contribution in [2.24, 2.45) is 0 Å². The van der Waals surface area contributed by atoms with E-state index in [1.807, 2.05) is 19.1 Å². The molecular weight excluding hydrogens is 212 g/mol. The molecule has 3 heteroatoms. The number of likely N-dealkylation sites (N-methyl/N-ethyl adjacent to an activating group) is 1. The predicted octanol–water partition coefficient (Wildman–Crippen LogP) is 1.76. The van der Waals surface area contributed by atoms with Crippen molar-refractivity contribution in [3.05, 3.63) is 35.9 Å². The van der Waals surface area contributed by atoms with Gasteiger partial charge in [-0.05, 0) is 30.7 Å². The van der Waals surface area contributed by atoms with E-state index in [0.29, 0.717) is 18.8 Å². The van der Waals surface area contributed by atoms with Crippen LogP contribution in [-0.2, 0) is 4.79 Å². The minimum atomic E-state index is -0.0812. The van der Waals surface area contributed by atoms with E-state index in [-0.39, 0.29) is 5.91 Å². The average molecular weight is 228 g/mol. The number of benzene rings is 1. The zero-order valence-corrected chi connectivity index (χ0v) is 9.89. The molecule has 1 rings (SSSR count). The molecule has 0 saturated heterocycles. The fourth-order valence-corrected chi connectivity index (χ4v) is 1.34. The van der Waals surface area contributed by atoms with E-state index in [0.717, 1.165) is 5.56 Å². The Balaban J connectivity index is 2.67. The largest absolute Gasteiger partial charge is 0.399 e. The van der Waals surface area contributed by atoms with Crippen molar-refractivity contribution >= 4 is 17.7 Å². The first kappa shape index (κ1) is 12.9. The number of nitrogen functional groups attached to an aromatic ring is 1. The van der Waals surface area contributed by atoms with Gasteiger partial charge in [0.15, 0.2) is 0 Å². The van der Waals surface area contributed by atoms with Crippen LogP contribution in [0.15, 0.2) is 30.3 Å². The number of anilines is 1. The molecule has 88 valence electrons. The molecule has 0 atom stereocenters. The van der Waals surface area contributed by atoms with Crippen molar-refractivity contribution in [1.29, 1.82) is 0 Å². The highest BCUT2D eigenvalue weighted by atomic mass is 16.2. The van der Waals surface area contributed by atoms with Gasteiger partial charge in [-0.25, -0.2) is 0 Å². The molecule has 17 heavy (non-hydrogen) atoms. The summed E-state index contributed by atoms with van der Waals surface area (Å²) >= 11 is 0. The van der Waals surface area contributed by atoms with E-state index in [9.17, 15) is 4.79 Å². The topological polar surface area (TPSA) is 46.3 Å². The fraction of sp³-hybridized carbons (Fsp3) is 0.214. The molecule has 0 fully saturated rings. The van der Waals surface area contributed by atoms with Crippen LogP contribution in [0.1, 0.15) is 12.5 Å². The number of terminal acetylenes is 1. The molecule has 2 N–H and O–H groups in total. The molecule has 0 aromatic heterocycles. The Labute approximate surface area is 102 Å². The van der Waals surface area contributed by atoms with Gasteiger partial charge in [0.25, 0.3) is 0 Å². The average Bonchev–Trinajstić information content (AvgIpc) is 2.35. The van der Waals surface area contributed by atoms with Crippen molar-refractivity contribution in [3.63, 3.8) is 0 Å². The third-order valence-corrected chi connectivity index (χ3v) is 2.33. The summed E-state index contributed by atoms with van der Waals surface area (Å²) in [5.41, 5.74) is 7.21. The van der Waals surface area contributed by atoms with Gasteiger partial charge in [-0.15, -0.1) is 6.42 Å². The second kappa shape index (κ2) is 6.39. The molecule has 0 aliphatic carbocycles. The van der Waals surface area contributed by atoms with Crippen LogP contribution in [0.4, 0.5) is 5.69 Å². The second-order valence-corrected chi connectivity index (χ2v) is 3.56. The van der Waals surface area contributed by atoms with E-state index < -0.39 is 0 Å². The van der Waals surface area contributed by atoms with Gasteiger partial charge in [-0.2, -0.15) is 0 Å². The maximum absolute atomic E-state index is 11.7. The van der Waals surface area contributed by atoms with E-state index in [1.54, 1.807) is 23.1 Å². The lowest BCUT2D eigenvalue weighted by atomic mass is 10.2. The number of rotatable bonds is 4. The summed E-state index contributed by atoms with van der Waals surface area (Å²) in [6.07, 6.45) is 8.46. The van der Waals surface area contributed by atoms with Gasteiger partial charge in [0.05, 0.1) is 6.54 Å². The highest BCUT2D eigenvalue weighted by Gasteiger charge is 2.05. The number of hydrogen-bond donors (Lipinski definition) is 1. The van der Waals surface area contributed by atoms with Crippen LogP contribution >= 0.6 is 0 Å². The number of hydrogen-bond acceptors (Lipinski definition) is 2. The number of carbonyl (C=O) groups is 1. The summed E-state index contributed by atoms with van der Waals surface area (Å²) in [5.74, 6) is 2.38. The van der Waals surface area contributed by atoms with Gasteiger partial charge in [0.2, 0.25) is 5.91 Å². The lowest BCUT2D eigenvalue weighted by molar-refractivity contribution is -0.125. The number of amides is 1. The van der Waals surface area contributed by atoms with Gasteiger partial charge in [-0.3, -0.25) is 4.79 Å². The Kier molecular flexibility index (Phi) is 4.83. The van der Waals surface area contributed by atoms with Gasteiger partial charge >= 0.3 is 0 Å². The minimum absolute atomic E-state index is 0.0812. The first-order valence-electron chi connectivity index (χ1n) is 5.43. The Morgan fingerprint density at radius 3 is 2.65 bits per heavy atom. The zero-order valence-electron chi connectivity index (χ0n) is 9.89. The molecule has 0 aliphatic heterocycles. The van der Waals surface area contributed by atoms with Crippen molar-refractivity contribution in [3.8, 4) is 12.3 Å². The standard InChI is InChI=1S/C14H16N2O/c1-3-11-16(4-2)14(17)10-7-12-5-8-13(15)9-6-12/h1,5-10H,4,11,15H2,2H3/b10-7+. The number of carbonyl (C=O) groups excluding carboxylic acids is 1. The smallest absolute Gasteiger partial charge is 0.247 e. The van der Waals surface area contributed by atoms with Crippen LogP contribution in [0, 0.1) is 12.3 Å². The van der Waals surface area contributed by atoms with Gasteiger partial charge in [0.1, 0.15) is 0 Å². The molecule has 0 aliphatic rings. The van der Waals surface area contributed by atoms with Crippen LogP contribution in [-0.4, -0.2) is 23.9 Å². The summed E-state index contributed by atoms with van der Waals surface area (Å²) in [7, 11) is 0. The monoisotopic (exact) mass is 228 g/mol. The third-order valence-electron chi connectivity index (χ3n) is 2.33. The van der Waals surface area contributed by atoms with Gasteiger partial charge in [0, 0.05) is 18.3 Å². The molecule has 0 heterocycles. The van der Waals surface area contributed by atoms with Gasteiger partial charge < -0.3 is 10.6 Å². The highest BCUT2D eigenvalue weighted by molar-refractivity contribution is 5.91. The van der Waals surface area contributed by atoms with E-state index >= 15 is 0 Å². The van der Waals surface area contributed by atoms with E-state index in [4.69, 9.17) is 12.2 Å². The van der Waals surface area contributed by atoms with Gasteiger partial charge in [-0.1, -0.05) is 18.1 Å². The van der Waals surface area contributed by atoms with E-state index in [2.05, 4.69) is 5.92 Å². The van der Waals surface area contributed by atoms with Crippen molar-refractivity contribution in [2.75, 3.05) is 18.8 Å². The van der Waals surface area contributed by atoms with Crippen molar-refractivity contribution in [1.82, 2.24) is 4.90 Å². The SMILES string of the molecule is C#CCN(CC)C(=O)/C=C/c1ccc(N)cc1. The molecule has 0 bridgehead atoms. The predicted molar refractivity (Wildman–Crippen MR) is 71.0 cm³/mol. The highest BCUT2D eigenvalue weighted by Crippen LogP contribution is 2.07. The summed E-state index contributed by atoms with van der Waals surface area (Å²) in [6.45, 7) is 2.84. The number of nitrogens with two attached hydrogens (primary N) is 1. The van der Waals surface area contributed by atoms with Crippen LogP contribution in [0.5, 0.6) is 0 Å². The molecular formula is C14H16N2O. The van der Waals surface area contributed by atoms with Crippen molar-refractivity contribution < 1.29 is 4.79 Å². The minimum Gasteiger partial charge on any atom is -0.399 e. The first-order valence-corrected chi connectivity index (χ1v) is 5.43. The summed E-state index contributed by atoms with van der Waals surface area (Å²) in [6, 6.07) is 7.31. The second-order valence-electron chi connectivity index (χ2n) is 3.56. The molecule has 0 saturated carbocycles. The summed E-state index contributed by atoms with van der Waals surface area (Å²) < 4.78 is 0. The molecule has 1 aromatic rings. The Bertz CT molecular complexity index is 440. The van der Waals surface area contributed by atoms with Crippen LogP contribution in [0.3, 0.4) is 0 Å². The molecule has 3 nitrogen and oxygen atoms in total. The van der Waals surface area contributed by atoms with E-state index in [1.165, 1.54) is 6.08 Å². The molecule has 1 amide bonds. The Morgan fingerprint density at radius 2 is 2.12 bits per heavy atom. The maximum Gasteiger partial charge on any atom is 0.247 e. The molecule has 0 spiro atoms. The van der Waals surface area contributed by atoms with Crippen LogP contribution in [0.25, 0.3) is 6.08 Å². The molecule has 1 aromatic carbocycles. The van der Waals surface area contributed by atoms with Crippen molar-refractivity contribution in [2.45, 2.75) is 6.92 Å². The normalized spacial score (nSPS) is 10.1. The zero-order chi connectivity index (χ0) is 12.7. The van der Waals surface area contributed by atoms with Crippen LogP contribution < -0.4 is 5.73 Å². The quantitative estimate of drug-likeness (QED) is 0.485. The third kappa shape index (κ3) is 4.04. The van der Waals surface area contributed by atoms with Crippen LogP contribution in [0.2, 0.25) is 0 Å². The lowest BCUT2D eigenvalue weighted by Gasteiger charge is -2.15. The summed E-state index contributed by atoms with van der Waals surface area (Å²) in [4.78, 5) is 13.3. The fourth-order valence-electron chi connectivity index (χ4n) is 1.34. The first-order chi connectivity index (χ1) is 8.17. The lowest BCUT2D eigenvalue weighted by Crippen LogP contribution is -2.29.